The second kappa shape index (κ2) is 8.89. The van der Waals surface area contributed by atoms with Crippen LogP contribution in [0.4, 0.5) is 0 Å². The minimum absolute atomic E-state index is 0.0493. The molecule has 5 nitrogen and oxygen atoms in total. The molecule has 0 aromatic heterocycles. The maximum Gasteiger partial charge on any atom is 0.329 e. The summed E-state index contributed by atoms with van der Waals surface area (Å²) in [5.41, 5.74) is 3.66. The van der Waals surface area contributed by atoms with Gasteiger partial charge in [-0.2, -0.15) is 0 Å². The largest absolute Gasteiger partial charge is 0.456 e. The second-order valence-electron chi connectivity index (χ2n) is 8.31. The minimum atomic E-state index is -0.546. The topological polar surface area (TPSA) is 63.7 Å². The molecule has 152 valence electrons. The Morgan fingerprint density at radius 3 is 2.29 bits per heavy atom. The molecule has 0 unspecified atom stereocenters. The lowest BCUT2D eigenvalue weighted by Gasteiger charge is -2.35. The number of ketones is 1. The Kier molecular flexibility index (Phi) is 6.53. The molecule has 2 fully saturated rings. The first-order chi connectivity index (χ1) is 13.4. The number of benzene rings is 1. The molecule has 1 atom stereocenters. The van der Waals surface area contributed by atoms with Crippen LogP contribution >= 0.6 is 0 Å². The predicted molar refractivity (Wildman–Crippen MR) is 107 cm³/mol. The third kappa shape index (κ3) is 4.45. The van der Waals surface area contributed by atoms with E-state index in [4.69, 9.17) is 4.74 Å². The van der Waals surface area contributed by atoms with E-state index in [1.54, 1.807) is 4.90 Å². The quantitative estimate of drug-likeness (QED) is 0.569. The number of hydrogen-bond donors (Lipinski definition) is 0. The number of rotatable bonds is 5. The van der Waals surface area contributed by atoms with Crippen LogP contribution in [0.15, 0.2) is 12.1 Å². The van der Waals surface area contributed by atoms with Crippen LogP contribution in [0, 0.1) is 26.7 Å². The highest BCUT2D eigenvalue weighted by molar-refractivity contribution is 5.99. The third-order valence-electron chi connectivity index (χ3n) is 6.25. The number of nitrogens with zero attached hydrogens (tertiary/aromatic N) is 1. The highest BCUT2D eigenvalue weighted by atomic mass is 16.5. The maximum atomic E-state index is 12.8. The Morgan fingerprint density at radius 1 is 0.929 bits per heavy atom. The third-order valence-corrected chi connectivity index (χ3v) is 6.25. The summed E-state index contributed by atoms with van der Waals surface area (Å²) in [5, 5.41) is 0. The van der Waals surface area contributed by atoms with Crippen molar-refractivity contribution >= 4 is 17.7 Å². The van der Waals surface area contributed by atoms with E-state index in [1.165, 1.54) is 0 Å². The van der Waals surface area contributed by atoms with Gasteiger partial charge in [0, 0.05) is 18.0 Å². The van der Waals surface area contributed by atoms with Crippen molar-refractivity contribution in [2.45, 2.75) is 71.8 Å². The van der Waals surface area contributed by atoms with E-state index in [1.807, 2.05) is 32.9 Å². The van der Waals surface area contributed by atoms with E-state index in [9.17, 15) is 14.4 Å². The summed E-state index contributed by atoms with van der Waals surface area (Å²) in [6, 6.07) is 3.29. The molecule has 1 heterocycles. The number of ether oxygens (including phenoxy) is 1. The number of likely N-dealkylation sites (tertiary alicyclic amines) is 1. The molecular weight excluding hydrogens is 354 g/mol. The van der Waals surface area contributed by atoms with Gasteiger partial charge < -0.3 is 9.64 Å². The van der Waals surface area contributed by atoms with Gasteiger partial charge in [-0.05, 0) is 75.6 Å². The fraction of sp³-hybridized carbons (Fsp3) is 0.609. The van der Waals surface area contributed by atoms with E-state index >= 15 is 0 Å². The first-order valence-corrected chi connectivity index (χ1v) is 10.5. The SMILES string of the molecule is Cc1cc(C)c(C(=O)COC(=O)[C@H]2CCCCN2C(=O)C2CCCC2)cc1C. The van der Waals surface area contributed by atoms with Gasteiger partial charge in [-0.1, -0.05) is 18.9 Å². The standard InChI is InChI=1S/C23H31NO4/c1-15-12-17(3)19(13-16(15)2)21(25)14-28-23(27)20-10-6-7-11-24(20)22(26)18-8-4-5-9-18/h12-13,18,20H,4-11,14H2,1-3H3/t20-/m1/s1. The lowest BCUT2D eigenvalue weighted by Crippen LogP contribution is -2.50. The van der Waals surface area contributed by atoms with Crippen LogP contribution in [0.25, 0.3) is 0 Å². The van der Waals surface area contributed by atoms with Crippen LogP contribution < -0.4 is 0 Å². The van der Waals surface area contributed by atoms with Crippen LogP contribution in [-0.4, -0.2) is 41.8 Å². The Morgan fingerprint density at radius 2 is 1.57 bits per heavy atom. The Balaban J connectivity index is 1.63. The molecule has 28 heavy (non-hydrogen) atoms. The van der Waals surface area contributed by atoms with Crippen molar-refractivity contribution in [3.63, 3.8) is 0 Å². The van der Waals surface area contributed by atoms with E-state index < -0.39 is 12.0 Å². The van der Waals surface area contributed by atoms with E-state index in [0.29, 0.717) is 18.5 Å². The van der Waals surface area contributed by atoms with Gasteiger partial charge in [0.2, 0.25) is 11.7 Å². The van der Waals surface area contributed by atoms with Crippen molar-refractivity contribution in [3.05, 3.63) is 34.4 Å². The van der Waals surface area contributed by atoms with Crippen LogP contribution in [0.2, 0.25) is 0 Å². The number of aryl methyl sites for hydroxylation is 3. The summed E-state index contributed by atoms with van der Waals surface area (Å²) >= 11 is 0. The highest BCUT2D eigenvalue weighted by Gasteiger charge is 2.37. The lowest BCUT2D eigenvalue weighted by molar-refractivity contribution is -0.157. The molecule has 0 N–H and O–H groups in total. The molecule has 2 aliphatic rings. The van der Waals surface area contributed by atoms with E-state index in [-0.39, 0.29) is 24.2 Å². The smallest absolute Gasteiger partial charge is 0.329 e. The van der Waals surface area contributed by atoms with Gasteiger partial charge in [0.05, 0.1) is 0 Å². The number of esters is 1. The maximum absolute atomic E-state index is 12.8. The van der Waals surface area contributed by atoms with Gasteiger partial charge in [0.25, 0.3) is 0 Å². The van der Waals surface area contributed by atoms with Crippen molar-refractivity contribution in [3.8, 4) is 0 Å². The van der Waals surface area contributed by atoms with Gasteiger partial charge >= 0.3 is 5.97 Å². The van der Waals surface area contributed by atoms with Gasteiger partial charge in [0.1, 0.15) is 6.04 Å². The number of carbonyl (C=O) groups excluding carboxylic acids is 3. The zero-order valence-corrected chi connectivity index (χ0v) is 17.3. The van der Waals surface area contributed by atoms with Crippen molar-refractivity contribution in [1.29, 1.82) is 0 Å². The summed E-state index contributed by atoms with van der Waals surface area (Å²) in [6.07, 6.45) is 6.45. The normalized spacial score (nSPS) is 20.2. The molecular formula is C23H31NO4. The molecule has 1 aliphatic carbocycles. The average Bonchev–Trinajstić information content (AvgIpc) is 3.23. The van der Waals surface area contributed by atoms with Gasteiger partial charge in [-0.15, -0.1) is 0 Å². The van der Waals surface area contributed by atoms with Gasteiger partial charge in [-0.3, -0.25) is 9.59 Å². The second-order valence-corrected chi connectivity index (χ2v) is 8.31. The van der Waals surface area contributed by atoms with Crippen molar-refractivity contribution in [1.82, 2.24) is 4.90 Å². The fourth-order valence-electron chi connectivity index (χ4n) is 4.42. The molecule has 5 heteroatoms. The minimum Gasteiger partial charge on any atom is -0.456 e. The van der Waals surface area contributed by atoms with Crippen LogP contribution in [-0.2, 0) is 14.3 Å². The fourth-order valence-corrected chi connectivity index (χ4v) is 4.42. The summed E-state index contributed by atoms with van der Waals surface area (Å²) < 4.78 is 5.38. The van der Waals surface area contributed by atoms with Gasteiger partial charge in [0.15, 0.2) is 6.61 Å². The number of piperidine rings is 1. The molecule has 1 aromatic carbocycles. The van der Waals surface area contributed by atoms with E-state index in [0.717, 1.165) is 55.2 Å². The molecule has 1 amide bonds. The first-order valence-electron chi connectivity index (χ1n) is 10.5. The number of Topliss-reactive ketones (excluding diaryl/α,β-unsaturated/α-hetero) is 1. The average molecular weight is 386 g/mol. The Bertz CT molecular complexity index is 764. The summed E-state index contributed by atoms with van der Waals surface area (Å²) in [7, 11) is 0. The van der Waals surface area contributed by atoms with Crippen LogP contribution in [0.5, 0.6) is 0 Å². The van der Waals surface area contributed by atoms with Crippen LogP contribution in [0.1, 0.15) is 72.0 Å². The Hall–Kier alpha value is -2.17. The summed E-state index contributed by atoms with van der Waals surface area (Å²) in [6.45, 7) is 6.20. The zero-order valence-electron chi connectivity index (χ0n) is 17.3. The molecule has 1 saturated heterocycles. The van der Waals surface area contributed by atoms with Crippen molar-refractivity contribution < 1.29 is 19.1 Å². The number of amides is 1. The van der Waals surface area contributed by atoms with E-state index in [2.05, 4.69) is 0 Å². The molecule has 1 saturated carbocycles. The summed E-state index contributed by atoms with van der Waals surface area (Å²) in [5.74, 6) is -0.497. The van der Waals surface area contributed by atoms with Crippen molar-refractivity contribution in [2.24, 2.45) is 5.92 Å². The van der Waals surface area contributed by atoms with Crippen molar-refractivity contribution in [2.75, 3.05) is 13.2 Å². The van der Waals surface area contributed by atoms with Gasteiger partial charge in [-0.25, -0.2) is 4.79 Å². The highest BCUT2D eigenvalue weighted by Crippen LogP contribution is 2.29. The molecule has 0 radical (unpaired) electrons. The Labute approximate surface area is 167 Å². The molecule has 3 rings (SSSR count). The molecule has 0 spiro atoms. The van der Waals surface area contributed by atoms with Crippen LogP contribution in [0.3, 0.4) is 0 Å². The number of carbonyl (C=O) groups is 3. The predicted octanol–water partition coefficient (Wildman–Crippen LogP) is 3.91. The summed E-state index contributed by atoms with van der Waals surface area (Å²) in [4.78, 5) is 39.8. The monoisotopic (exact) mass is 385 g/mol. The molecule has 0 bridgehead atoms. The lowest BCUT2D eigenvalue weighted by atomic mass is 9.98. The molecule has 1 aliphatic heterocycles. The first kappa shape index (κ1) is 20.6. The molecule has 1 aromatic rings. The zero-order chi connectivity index (χ0) is 20.3. The number of hydrogen-bond acceptors (Lipinski definition) is 4.